The van der Waals surface area contributed by atoms with Crippen molar-refractivity contribution in [3.63, 3.8) is 0 Å². The molecule has 0 unspecified atom stereocenters. The second kappa shape index (κ2) is 9.23. The minimum Gasteiger partial charge on any atom is -0.461 e. The highest BCUT2D eigenvalue weighted by molar-refractivity contribution is 7.89. The minimum absolute atomic E-state index is 0.0287. The van der Waals surface area contributed by atoms with Crippen LogP contribution >= 0.6 is 0 Å². The van der Waals surface area contributed by atoms with Gasteiger partial charge in [0.05, 0.1) is 6.61 Å². The molecule has 0 saturated carbocycles. The minimum atomic E-state index is -3.95. The van der Waals surface area contributed by atoms with Crippen molar-refractivity contribution in [2.75, 3.05) is 18.5 Å². The third kappa shape index (κ3) is 4.83. The molecular weight excluding hydrogens is 418 g/mol. The standard InChI is InChI=1S/C22H29N3O5S/c1-5-30-22(27)20-13-18(14-24(20)4)31(28,29)25-12-6-7-19(25)21(26)23-17-10-8-16(9-11-17)15(2)3/h8-11,13-15,19H,5-7,12H2,1-4H3,(H,23,26)/t19-/m1/s1. The van der Waals surface area contributed by atoms with E-state index in [2.05, 4.69) is 19.2 Å². The Morgan fingerprint density at radius 3 is 2.52 bits per heavy atom. The molecule has 1 N–H and O–H groups in total. The summed E-state index contributed by atoms with van der Waals surface area (Å²) in [5.41, 5.74) is 1.93. The summed E-state index contributed by atoms with van der Waals surface area (Å²) in [5, 5.41) is 2.83. The van der Waals surface area contributed by atoms with Gasteiger partial charge in [0.2, 0.25) is 15.9 Å². The zero-order chi connectivity index (χ0) is 22.8. The van der Waals surface area contributed by atoms with Crippen LogP contribution in [0.15, 0.2) is 41.4 Å². The summed E-state index contributed by atoms with van der Waals surface area (Å²) in [7, 11) is -2.37. The Bertz CT molecular complexity index is 1060. The Morgan fingerprint density at radius 2 is 1.90 bits per heavy atom. The lowest BCUT2D eigenvalue weighted by atomic mass is 10.0. The molecule has 3 rings (SSSR count). The summed E-state index contributed by atoms with van der Waals surface area (Å²) in [6.45, 7) is 6.30. The molecule has 1 aliphatic rings. The van der Waals surface area contributed by atoms with E-state index in [4.69, 9.17) is 4.74 Å². The number of nitrogens with zero attached hydrogens (tertiary/aromatic N) is 2. The quantitative estimate of drug-likeness (QED) is 0.658. The van der Waals surface area contributed by atoms with Crippen LogP contribution in [0.5, 0.6) is 0 Å². The lowest BCUT2D eigenvalue weighted by Gasteiger charge is -2.23. The van der Waals surface area contributed by atoms with Crippen LogP contribution in [-0.2, 0) is 26.6 Å². The van der Waals surface area contributed by atoms with Crippen LogP contribution in [0.1, 0.15) is 55.6 Å². The third-order valence-corrected chi connectivity index (χ3v) is 7.30. The highest BCUT2D eigenvalue weighted by Gasteiger charge is 2.40. The molecule has 8 nitrogen and oxygen atoms in total. The number of rotatable bonds is 7. The van der Waals surface area contributed by atoms with Gasteiger partial charge in [-0.05, 0) is 49.4 Å². The second-order valence-corrected chi connectivity index (χ2v) is 9.82. The summed E-state index contributed by atoms with van der Waals surface area (Å²) in [6, 6.07) is 8.04. The summed E-state index contributed by atoms with van der Waals surface area (Å²) in [4.78, 5) is 24.9. The van der Waals surface area contributed by atoms with Crippen LogP contribution in [0.2, 0.25) is 0 Å². The fourth-order valence-corrected chi connectivity index (χ4v) is 5.41. The molecule has 0 bridgehead atoms. The number of benzene rings is 1. The molecular formula is C22H29N3O5S. The average molecular weight is 448 g/mol. The maximum absolute atomic E-state index is 13.2. The van der Waals surface area contributed by atoms with Gasteiger partial charge in [-0.15, -0.1) is 0 Å². The lowest BCUT2D eigenvalue weighted by molar-refractivity contribution is -0.119. The number of aromatic nitrogens is 1. The average Bonchev–Trinajstić information content (AvgIpc) is 3.36. The summed E-state index contributed by atoms with van der Waals surface area (Å²) in [5.74, 6) is -0.572. The molecule has 1 amide bonds. The molecule has 2 aromatic rings. The Kier molecular flexibility index (Phi) is 6.86. The first-order chi connectivity index (χ1) is 14.6. The van der Waals surface area contributed by atoms with Crippen molar-refractivity contribution in [1.29, 1.82) is 0 Å². The van der Waals surface area contributed by atoms with Crippen LogP contribution in [0, 0.1) is 0 Å². The zero-order valence-corrected chi connectivity index (χ0v) is 19.1. The van der Waals surface area contributed by atoms with Crippen molar-refractivity contribution >= 4 is 27.6 Å². The van der Waals surface area contributed by atoms with Gasteiger partial charge in [-0.25, -0.2) is 13.2 Å². The molecule has 9 heteroatoms. The van der Waals surface area contributed by atoms with Gasteiger partial charge in [-0.2, -0.15) is 4.31 Å². The Labute approximate surface area is 183 Å². The number of hydrogen-bond acceptors (Lipinski definition) is 5. The summed E-state index contributed by atoms with van der Waals surface area (Å²) in [6.07, 6.45) is 2.40. The molecule has 1 fully saturated rings. The number of esters is 1. The van der Waals surface area contributed by atoms with E-state index in [1.165, 1.54) is 21.1 Å². The van der Waals surface area contributed by atoms with E-state index in [0.29, 0.717) is 24.4 Å². The molecule has 0 spiro atoms. The van der Waals surface area contributed by atoms with Crippen LogP contribution < -0.4 is 5.32 Å². The van der Waals surface area contributed by atoms with E-state index in [9.17, 15) is 18.0 Å². The Morgan fingerprint density at radius 1 is 1.23 bits per heavy atom. The molecule has 2 heterocycles. The number of nitrogens with one attached hydrogen (secondary N) is 1. The van der Waals surface area contributed by atoms with Crippen molar-refractivity contribution in [3.05, 3.63) is 47.8 Å². The Balaban J connectivity index is 1.79. The topological polar surface area (TPSA) is 97.7 Å². The molecule has 1 saturated heterocycles. The van der Waals surface area contributed by atoms with E-state index in [1.807, 2.05) is 24.3 Å². The van der Waals surface area contributed by atoms with Crippen LogP contribution in [0.4, 0.5) is 5.69 Å². The first-order valence-electron chi connectivity index (χ1n) is 10.4. The van der Waals surface area contributed by atoms with Gasteiger partial charge < -0.3 is 14.6 Å². The number of anilines is 1. The molecule has 1 atom stereocenters. The summed E-state index contributed by atoms with van der Waals surface area (Å²) < 4.78 is 34.1. The van der Waals surface area contributed by atoms with E-state index < -0.39 is 22.0 Å². The van der Waals surface area contributed by atoms with Crippen LogP contribution in [-0.4, -0.2) is 48.4 Å². The third-order valence-electron chi connectivity index (χ3n) is 5.42. The number of carbonyl (C=O) groups excluding carboxylic acids is 2. The molecule has 0 radical (unpaired) electrons. The smallest absolute Gasteiger partial charge is 0.354 e. The SMILES string of the molecule is CCOC(=O)c1cc(S(=O)(=O)N2CCC[C@@H]2C(=O)Nc2ccc(C(C)C)cc2)cn1C. The molecule has 31 heavy (non-hydrogen) atoms. The number of carbonyl (C=O) groups is 2. The number of aryl methyl sites for hydroxylation is 1. The molecule has 168 valence electrons. The zero-order valence-electron chi connectivity index (χ0n) is 18.3. The fraction of sp³-hybridized carbons (Fsp3) is 0.455. The second-order valence-electron chi connectivity index (χ2n) is 7.93. The van der Waals surface area contributed by atoms with Gasteiger partial charge in [-0.1, -0.05) is 26.0 Å². The van der Waals surface area contributed by atoms with Gasteiger partial charge in [0, 0.05) is 25.5 Å². The number of amides is 1. The van der Waals surface area contributed by atoms with Gasteiger partial charge in [-0.3, -0.25) is 4.79 Å². The Hall–Kier alpha value is -2.65. The lowest BCUT2D eigenvalue weighted by Crippen LogP contribution is -2.43. The van der Waals surface area contributed by atoms with Gasteiger partial charge >= 0.3 is 5.97 Å². The monoisotopic (exact) mass is 447 g/mol. The largest absolute Gasteiger partial charge is 0.461 e. The predicted molar refractivity (Wildman–Crippen MR) is 117 cm³/mol. The molecule has 1 aromatic heterocycles. The maximum atomic E-state index is 13.2. The van der Waals surface area contributed by atoms with Gasteiger partial charge in [0.15, 0.2) is 0 Å². The normalized spacial score (nSPS) is 17.1. The first kappa shape index (κ1) is 23.0. The molecule has 0 aliphatic carbocycles. The van der Waals surface area contributed by atoms with Crippen molar-refractivity contribution < 1.29 is 22.7 Å². The highest BCUT2D eigenvalue weighted by Crippen LogP contribution is 2.28. The number of sulfonamides is 1. The van der Waals surface area contributed by atoms with Crippen molar-refractivity contribution in [1.82, 2.24) is 8.87 Å². The summed E-state index contributed by atoms with van der Waals surface area (Å²) >= 11 is 0. The van der Waals surface area contributed by atoms with Crippen molar-refractivity contribution in [3.8, 4) is 0 Å². The van der Waals surface area contributed by atoms with E-state index in [-0.39, 0.29) is 29.6 Å². The fourth-order valence-electron chi connectivity index (χ4n) is 3.69. The number of ether oxygens (including phenoxy) is 1. The van der Waals surface area contributed by atoms with Crippen molar-refractivity contribution in [2.45, 2.75) is 50.5 Å². The van der Waals surface area contributed by atoms with E-state index in [1.54, 1.807) is 14.0 Å². The van der Waals surface area contributed by atoms with Crippen LogP contribution in [0.25, 0.3) is 0 Å². The predicted octanol–water partition coefficient (Wildman–Crippen LogP) is 3.12. The van der Waals surface area contributed by atoms with E-state index in [0.717, 1.165) is 5.56 Å². The number of hydrogen-bond donors (Lipinski definition) is 1. The van der Waals surface area contributed by atoms with Gasteiger partial charge in [0.1, 0.15) is 16.6 Å². The molecule has 1 aliphatic heterocycles. The first-order valence-corrected chi connectivity index (χ1v) is 11.8. The molecule has 1 aromatic carbocycles. The van der Waals surface area contributed by atoms with E-state index >= 15 is 0 Å². The van der Waals surface area contributed by atoms with Crippen molar-refractivity contribution in [2.24, 2.45) is 7.05 Å². The van der Waals surface area contributed by atoms with Gasteiger partial charge in [0.25, 0.3) is 0 Å². The van der Waals surface area contributed by atoms with Crippen LogP contribution in [0.3, 0.4) is 0 Å². The highest BCUT2D eigenvalue weighted by atomic mass is 32.2. The maximum Gasteiger partial charge on any atom is 0.354 e.